The lowest BCUT2D eigenvalue weighted by atomic mass is 10.2. The summed E-state index contributed by atoms with van der Waals surface area (Å²) in [5, 5.41) is 3.73. The van der Waals surface area contributed by atoms with Gasteiger partial charge in [0.2, 0.25) is 0 Å². The van der Waals surface area contributed by atoms with E-state index in [-0.39, 0.29) is 5.91 Å². The van der Waals surface area contributed by atoms with E-state index < -0.39 is 0 Å². The summed E-state index contributed by atoms with van der Waals surface area (Å²) in [6.07, 6.45) is 0. The molecule has 1 fully saturated rings. The van der Waals surface area contributed by atoms with E-state index in [4.69, 9.17) is 16.3 Å². The van der Waals surface area contributed by atoms with Gasteiger partial charge in [-0.2, -0.15) is 0 Å². The first kappa shape index (κ1) is 18.5. The third-order valence-electron chi connectivity index (χ3n) is 4.52. The molecule has 5 nitrogen and oxygen atoms in total. The molecular weight excluding hydrogens is 350 g/mol. The molecule has 2 aromatic rings. The van der Waals surface area contributed by atoms with Gasteiger partial charge in [0.05, 0.1) is 38.5 Å². The lowest BCUT2D eigenvalue weighted by Crippen LogP contribution is -3.15. The Hall–Kier alpha value is -2.24. The van der Waals surface area contributed by atoms with E-state index in [9.17, 15) is 4.79 Å². The SMILES string of the molecule is CCOc1ccccc1NC(=O)C[NH+]1CCN(c2cccc(Cl)c2)CC1. The Kier molecular flexibility index (Phi) is 6.36. The summed E-state index contributed by atoms with van der Waals surface area (Å²) in [7, 11) is 0. The first-order chi connectivity index (χ1) is 12.7. The highest BCUT2D eigenvalue weighted by Crippen LogP contribution is 2.23. The third kappa shape index (κ3) is 4.90. The number of anilines is 2. The Bertz CT molecular complexity index is 745. The maximum Gasteiger partial charge on any atom is 0.279 e. The normalized spacial score (nSPS) is 14.9. The number of nitrogens with zero attached hydrogens (tertiary/aromatic N) is 1. The molecular formula is C20H25ClN3O2+. The second kappa shape index (κ2) is 8.92. The van der Waals surface area contributed by atoms with Crippen LogP contribution >= 0.6 is 11.6 Å². The highest BCUT2D eigenvalue weighted by Gasteiger charge is 2.22. The van der Waals surface area contributed by atoms with E-state index in [0.717, 1.165) is 42.6 Å². The van der Waals surface area contributed by atoms with Gasteiger partial charge in [0, 0.05) is 10.7 Å². The maximum absolute atomic E-state index is 12.4. The molecule has 0 spiro atoms. The second-order valence-electron chi connectivity index (χ2n) is 6.37. The minimum absolute atomic E-state index is 0.0170. The molecule has 2 N–H and O–H groups in total. The molecule has 0 aliphatic carbocycles. The predicted molar refractivity (Wildman–Crippen MR) is 105 cm³/mol. The van der Waals surface area contributed by atoms with Crippen molar-refractivity contribution >= 4 is 28.9 Å². The molecule has 2 aromatic carbocycles. The lowest BCUT2D eigenvalue weighted by molar-refractivity contribution is -0.892. The van der Waals surface area contributed by atoms with Gasteiger partial charge < -0.3 is 19.9 Å². The van der Waals surface area contributed by atoms with Crippen molar-refractivity contribution in [1.29, 1.82) is 0 Å². The predicted octanol–water partition coefficient (Wildman–Crippen LogP) is 2.08. The number of amides is 1. The summed E-state index contributed by atoms with van der Waals surface area (Å²) in [6, 6.07) is 15.5. The molecule has 1 aliphatic heterocycles. The summed E-state index contributed by atoms with van der Waals surface area (Å²) in [5.41, 5.74) is 1.88. The number of carbonyl (C=O) groups is 1. The van der Waals surface area contributed by atoms with Crippen molar-refractivity contribution in [2.45, 2.75) is 6.92 Å². The first-order valence-corrected chi connectivity index (χ1v) is 9.39. The van der Waals surface area contributed by atoms with E-state index in [1.165, 1.54) is 4.90 Å². The van der Waals surface area contributed by atoms with Crippen molar-refractivity contribution in [1.82, 2.24) is 0 Å². The van der Waals surface area contributed by atoms with Crippen LogP contribution < -0.4 is 19.9 Å². The van der Waals surface area contributed by atoms with E-state index in [1.807, 2.05) is 49.4 Å². The number of piperazine rings is 1. The molecule has 1 aliphatic rings. The smallest absolute Gasteiger partial charge is 0.279 e. The number of halogens is 1. The van der Waals surface area contributed by atoms with Crippen LogP contribution in [-0.2, 0) is 4.79 Å². The highest BCUT2D eigenvalue weighted by molar-refractivity contribution is 6.30. The summed E-state index contributed by atoms with van der Waals surface area (Å²) in [5.74, 6) is 0.729. The van der Waals surface area contributed by atoms with Crippen LogP contribution in [0.2, 0.25) is 5.02 Å². The van der Waals surface area contributed by atoms with Crippen LogP contribution in [0.5, 0.6) is 5.75 Å². The number of ether oxygens (including phenoxy) is 1. The van der Waals surface area contributed by atoms with Crippen molar-refractivity contribution in [2.75, 3.05) is 49.5 Å². The Morgan fingerprint density at radius 3 is 2.69 bits per heavy atom. The molecule has 0 aromatic heterocycles. The van der Waals surface area contributed by atoms with Crippen molar-refractivity contribution in [3.63, 3.8) is 0 Å². The van der Waals surface area contributed by atoms with Crippen molar-refractivity contribution < 1.29 is 14.4 Å². The topological polar surface area (TPSA) is 46.0 Å². The fraction of sp³-hybridized carbons (Fsp3) is 0.350. The van der Waals surface area contributed by atoms with E-state index in [1.54, 1.807) is 0 Å². The van der Waals surface area contributed by atoms with Crippen molar-refractivity contribution in [3.8, 4) is 5.75 Å². The molecule has 1 amide bonds. The highest BCUT2D eigenvalue weighted by atomic mass is 35.5. The van der Waals surface area contributed by atoms with Gasteiger partial charge in [0.1, 0.15) is 5.75 Å². The van der Waals surface area contributed by atoms with Crippen LogP contribution in [0, 0.1) is 0 Å². The molecule has 0 bridgehead atoms. The number of para-hydroxylation sites is 2. The van der Waals surface area contributed by atoms with E-state index in [0.29, 0.717) is 18.9 Å². The monoisotopic (exact) mass is 374 g/mol. The van der Waals surface area contributed by atoms with Crippen LogP contribution in [0.25, 0.3) is 0 Å². The number of nitrogens with one attached hydrogen (secondary N) is 2. The van der Waals surface area contributed by atoms with Gasteiger partial charge in [-0.05, 0) is 37.3 Å². The van der Waals surface area contributed by atoms with Crippen LogP contribution in [0.3, 0.4) is 0 Å². The number of hydrogen-bond acceptors (Lipinski definition) is 3. The van der Waals surface area contributed by atoms with Crippen molar-refractivity contribution in [2.24, 2.45) is 0 Å². The van der Waals surface area contributed by atoms with Gasteiger partial charge in [0.15, 0.2) is 6.54 Å². The summed E-state index contributed by atoms with van der Waals surface area (Å²) >= 11 is 6.08. The molecule has 1 saturated heterocycles. The van der Waals surface area contributed by atoms with Gasteiger partial charge in [-0.15, -0.1) is 0 Å². The van der Waals surface area contributed by atoms with E-state index >= 15 is 0 Å². The number of benzene rings is 2. The largest absolute Gasteiger partial charge is 0.492 e. The fourth-order valence-electron chi connectivity index (χ4n) is 3.20. The molecule has 6 heteroatoms. The Morgan fingerprint density at radius 2 is 1.96 bits per heavy atom. The molecule has 0 atom stereocenters. The average molecular weight is 375 g/mol. The zero-order valence-electron chi connectivity index (χ0n) is 15.0. The van der Waals surface area contributed by atoms with Crippen LogP contribution in [0.1, 0.15) is 6.92 Å². The minimum Gasteiger partial charge on any atom is -0.492 e. The van der Waals surface area contributed by atoms with Gasteiger partial charge in [0.25, 0.3) is 5.91 Å². The van der Waals surface area contributed by atoms with Crippen LogP contribution in [0.15, 0.2) is 48.5 Å². The molecule has 0 saturated carbocycles. The van der Waals surface area contributed by atoms with Gasteiger partial charge >= 0.3 is 0 Å². The van der Waals surface area contributed by atoms with Crippen molar-refractivity contribution in [3.05, 3.63) is 53.6 Å². The Labute approximate surface area is 159 Å². The second-order valence-corrected chi connectivity index (χ2v) is 6.81. The number of carbonyl (C=O) groups excluding carboxylic acids is 1. The quantitative estimate of drug-likeness (QED) is 0.813. The molecule has 3 rings (SSSR count). The molecule has 26 heavy (non-hydrogen) atoms. The summed E-state index contributed by atoms with van der Waals surface area (Å²) < 4.78 is 5.56. The standard InChI is InChI=1S/C20H24ClN3O2/c1-2-26-19-9-4-3-8-18(19)22-20(25)15-23-10-12-24(13-11-23)17-7-5-6-16(21)14-17/h3-9,14H,2,10-13,15H2,1H3,(H,22,25)/p+1. The zero-order chi connectivity index (χ0) is 18.4. The van der Waals surface area contributed by atoms with Crippen LogP contribution in [-0.4, -0.2) is 45.2 Å². The number of rotatable bonds is 6. The fourth-order valence-corrected chi connectivity index (χ4v) is 3.39. The molecule has 0 radical (unpaired) electrons. The molecule has 138 valence electrons. The number of hydrogen-bond donors (Lipinski definition) is 2. The Balaban J connectivity index is 1.51. The molecule has 1 heterocycles. The summed E-state index contributed by atoms with van der Waals surface area (Å²) in [4.78, 5) is 16.0. The lowest BCUT2D eigenvalue weighted by Gasteiger charge is -2.33. The minimum atomic E-state index is 0.0170. The van der Waals surface area contributed by atoms with Gasteiger partial charge in [-0.25, -0.2) is 0 Å². The number of quaternary nitrogens is 1. The Morgan fingerprint density at radius 1 is 1.19 bits per heavy atom. The summed E-state index contributed by atoms with van der Waals surface area (Å²) in [6.45, 7) is 6.65. The third-order valence-corrected chi connectivity index (χ3v) is 4.75. The van der Waals surface area contributed by atoms with Gasteiger partial charge in [-0.1, -0.05) is 29.8 Å². The zero-order valence-corrected chi connectivity index (χ0v) is 15.8. The average Bonchev–Trinajstić information content (AvgIpc) is 2.64. The van der Waals surface area contributed by atoms with E-state index in [2.05, 4.69) is 16.3 Å². The first-order valence-electron chi connectivity index (χ1n) is 9.01. The van der Waals surface area contributed by atoms with Gasteiger partial charge in [-0.3, -0.25) is 4.79 Å². The van der Waals surface area contributed by atoms with Crippen LogP contribution in [0.4, 0.5) is 11.4 Å². The molecule has 0 unspecified atom stereocenters. The maximum atomic E-state index is 12.4.